The summed E-state index contributed by atoms with van der Waals surface area (Å²) in [4.78, 5) is 23.7. The average molecular weight is 441 g/mol. The Balaban J connectivity index is 1.34. The van der Waals surface area contributed by atoms with Crippen molar-refractivity contribution in [3.63, 3.8) is 0 Å². The number of aromatic nitrogens is 2. The Morgan fingerprint density at radius 2 is 1.91 bits per heavy atom. The third-order valence-electron chi connectivity index (χ3n) is 6.94. The lowest BCUT2D eigenvalue weighted by Crippen LogP contribution is -2.38. The van der Waals surface area contributed by atoms with E-state index in [1.165, 1.54) is 5.56 Å². The molecule has 2 aliphatic rings. The smallest absolute Gasteiger partial charge is 0.254 e. The van der Waals surface area contributed by atoms with Crippen LogP contribution in [0.4, 0.5) is 0 Å². The molecule has 1 fully saturated rings. The number of carbonyl (C=O) groups is 1. The molecule has 6 heteroatoms. The van der Waals surface area contributed by atoms with Gasteiger partial charge >= 0.3 is 0 Å². The molecule has 0 spiro atoms. The topological polar surface area (TPSA) is 82.0 Å². The summed E-state index contributed by atoms with van der Waals surface area (Å²) >= 11 is 0. The molecule has 0 bridgehead atoms. The Hall–Kier alpha value is -3.43. The van der Waals surface area contributed by atoms with Gasteiger partial charge in [0.1, 0.15) is 5.82 Å². The van der Waals surface area contributed by atoms with Gasteiger partial charge in [-0.1, -0.05) is 18.2 Å². The van der Waals surface area contributed by atoms with Crippen LogP contribution >= 0.6 is 0 Å². The predicted octanol–water partition coefficient (Wildman–Crippen LogP) is 4.66. The molecular weight excluding hydrogens is 412 g/mol. The number of benzene rings is 2. The molecule has 1 N–H and O–H groups in total. The zero-order valence-corrected chi connectivity index (χ0v) is 19.1. The van der Waals surface area contributed by atoms with Gasteiger partial charge in [-0.3, -0.25) is 4.79 Å². The van der Waals surface area contributed by atoms with E-state index in [1.807, 2.05) is 42.2 Å². The number of hydrogen-bond donors (Lipinski definition) is 1. The number of ether oxygens (including phenoxy) is 1. The molecule has 3 heterocycles. The second-order valence-corrected chi connectivity index (χ2v) is 9.10. The van der Waals surface area contributed by atoms with Crippen molar-refractivity contribution in [2.24, 2.45) is 0 Å². The van der Waals surface area contributed by atoms with Gasteiger partial charge in [-0.25, -0.2) is 4.98 Å². The maximum atomic E-state index is 13.5. The number of carbonyl (C=O) groups excluding carboxylic acids is 1. The number of nitrogens with zero attached hydrogens (tertiary/aromatic N) is 3. The second kappa shape index (κ2) is 8.84. The van der Waals surface area contributed by atoms with Crippen molar-refractivity contribution in [2.45, 2.75) is 45.6 Å². The molecule has 6 nitrogen and oxygen atoms in total. The monoisotopic (exact) mass is 440 g/mol. The van der Waals surface area contributed by atoms with Crippen LogP contribution in [0.5, 0.6) is 0 Å². The van der Waals surface area contributed by atoms with Gasteiger partial charge in [0.15, 0.2) is 0 Å². The van der Waals surface area contributed by atoms with Gasteiger partial charge in [-0.15, -0.1) is 0 Å². The number of aryl methyl sites for hydroxylation is 2. The molecule has 0 saturated carbocycles. The lowest BCUT2D eigenvalue weighted by molar-refractivity contribution is 0.0712. The Kier molecular flexibility index (Phi) is 5.74. The molecule has 33 heavy (non-hydrogen) atoms. The van der Waals surface area contributed by atoms with Crippen molar-refractivity contribution < 1.29 is 9.53 Å². The number of H-pyrrole nitrogens is 1. The number of likely N-dealkylation sites (tertiary alicyclic amines) is 1. The second-order valence-electron chi connectivity index (χ2n) is 9.10. The molecule has 0 atom stereocenters. The number of piperidine rings is 1. The molecule has 0 unspecified atom stereocenters. The molecule has 168 valence electrons. The number of rotatable bonds is 3. The number of amides is 1. The maximum Gasteiger partial charge on any atom is 0.254 e. The quantitative estimate of drug-likeness (QED) is 0.642. The molecule has 2 aromatic carbocycles. The molecule has 2 aliphatic heterocycles. The van der Waals surface area contributed by atoms with Crippen LogP contribution in [0.1, 0.15) is 62.8 Å². The molecule has 1 aromatic heterocycles. The van der Waals surface area contributed by atoms with Crippen molar-refractivity contribution >= 4 is 5.91 Å². The van der Waals surface area contributed by atoms with Crippen LogP contribution in [0.2, 0.25) is 0 Å². The van der Waals surface area contributed by atoms with Crippen LogP contribution < -0.4 is 0 Å². The highest BCUT2D eigenvalue weighted by Gasteiger charge is 2.26. The van der Waals surface area contributed by atoms with Gasteiger partial charge in [-0.2, -0.15) is 5.26 Å². The summed E-state index contributed by atoms with van der Waals surface area (Å²) in [5, 5.41) is 9.01. The van der Waals surface area contributed by atoms with Gasteiger partial charge in [0, 0.05) is 30.6 Å². The summed E-state index contributed by atoms with van der Waals surface area (Å²) in [6, 6.07) is 14.1. The number of aromatic amines is 1. The van der Waals surface area contributed by atoms with Crippen LogP contribution in [0.3, 0.4) is 0 Å². The van der Waals surface area contributed by atoms with Gasteiger partial charge in [0.05, 0.1) is 36.2 Å². The first-order valence-electron chi connectivity index (χ1n) is 11.6. The summed E-state index contributed by atoms with van der Waals surface area (Å²) in [6.45, 7) is 6.81. The fourth-order valence-corrected chi connectivity index (χ4v) is 5.00. The minimum absolute atomic E-state index is 0.0895. The summed E-state index contributed by atoms with van der Waals surface area (Å²) in [6.07, 6.45) is 2.68. The maximum absolute atomic E-state index is 13.5. The molecule has 0 aliphatic carbocycles. The number of nitriles is 1. The lowest BCUT2D eigenvalue weighted by atomic mass is 9.88. The molecular formula is C27H28N4O2. The largest absolute Gasteiger partial charge is 0.375 e. The fourth-order valence-electron chi connectivity index (χ4n) is 5.00. The minimum atomic E-state index is 0.0895. The summed E-state index contributed by atoms with van der Waals surface area (Å²) in [5.41, 5.74) is 7.86. The zero-order chi connectivity index (χ0) is 22.9. The van der Waals surface area contributed by atoms with Gasteiger partial charge in [-0.05, 0) is 67.5 Å². The Morgan fingerprint density at radius 1 is 1.15 bits per heavy atom. The van der Waals surface area contributed by atoms with E-state index in [4.69, 9.17) is 15.0 Å². The minimum Gasteiger partial charge on any atom is -0.375 e. The van der Waals surface area contributed by atoms with Crippen LogP contribution in [-0.4, -0.2) is 40.5 Å². The highest BCUT2D eigenvalue weighted by atomic mass is 16.5. The Bertz CT molecular complexity index is 1200. The van der Waals surface area contributed by atoms with Crippen molar-refractivity contribution in [2.75, 3.05) is 19.7 Å². The number of hydrogen-bond acceptors (Lipinski definition) is 4. The third-order valence-corrected chi connectivity index (χ3v) is 6.94. The number of imidazole rings is 1. The van der Waals surface area contributed by atoms with Crippen LogP contribution in [0.25, 0.3) is 11.4 Å². The normalized spacial score (nSPS) is 16.3. The summed E-state index contributed by atoms with van der Waals surface area (Å²) in [7, 11) is 0. The average Bonchev–Trinajstić information content (AvgIpc) is 3.28. The number of fused-ring (bicyclic) bond motifs is 1. The zero-order valence-electron chi connectivity index (χ0n) is 19.1. The summed E-state index contributed by atoms with van der Waals surface area (Å²) in [5.74, 6) is 1.33. The first-order chi connectivity index (χ1) is 16.0. The van der Waals surface area contributed by atoms with Gasteiger partial charge in [0.2, 0.25) is 0 Å². The van der Waals surface area contributed by atoms with Crippen LogP contribution in [-0.2, 0) is 17.8 Å². The molecule has 1 amide bonds. The van der Waals surface area contributed by atoms with E-state index in [2.05, 4.69) is 24.0 Å². The molecule has 0 radical (unpaired) electrons. The van der Waals surface area contributed by atoms with Crippen molar-refractivity contribution in [1.29, 1.82) is 5.26 Å². The number of nitrogens with one attached hydrogen (secondary N) is 1. The Labute approximate surface area is 194 Å². The van der Waals surface area contributed by atoms with E-state index in [0.29, 0.717) is 24.7 Å². The first-order valence-corrected chi connectivity index (χ1v) is 11.6. The van der Waals surface area contributed by atoms with E-state index in [1.54, 1.807) is 0 Å². The van der Waals surface area contributed by atoms with Crippen LogP contribution in [0, 0.1) is 25.2 Å². The van der Waals surface area contributed by atoms with E-state index in [9.17, 15) is 4.79 Å². The van der Waals surface area contributed by atoms with E-state index in [-0.39, 0.29) is 5.91 Å². The SMILES string of the molecule is Cc1cc(C)c(-c2nc3c([nH]2)COCC3)cc1C(=O)N1CCC(c2ccc(C#N)cc2)CC1. The van der Waals surface area contributed by atoms with Crippen molar-refractivity contribution in [3.05, 3.63) is 75.6 Å². The molecule has 1 saturated heterocycles. The fraction of sp³-hybridized carbons (Fsp3) is 0.370. The lowest BCUT2D eigenvalue weighted by Gasteiger charge is -2.32. The third kappa shape index (κ3) is 4.17. The standard InChI is InChI=1S/C27H28N4O2/c1-17-13-18(2)23(14-22(17)26-29-24-9-12-33-16-25(24)30-26)27(32)31-10-7-21(8-11-31)20-5-3-19(15-28)4-6-20/h3-6,13-14,21H,7-12,16H2,1-2H3,(H,29,30). The first kappa shape index (κ1) is 21.4. The predicted molar refractivity (Wildman–Crippen MR) is 126 cm³/mol. The van der Waals surface area contributed by atoms with Crippen molar-refractivity contribution in [3.8, 4) is 17.5 Å². The highest BCUT2D eigenvalue weighted by Crippen LogP contribution is 2.31. The van der Waals surface area contributed by atoms with Gasteiger partial charge < -0.3 is 14.6 Å². The highest BCUT2D eigenvalue weighted by molar-refractivity contribution is 5.97. The van der Waals surface area contributed by atoms with E-state index < -0.39 is 0 Å². The van der Waals surface area contributed by atoms with E-state index in [0.717, 1.165) is 71.8 Å². The molecule has 3 aromatic rings. The van der Waals surface area contributed by atoms with Gasteiger partial charge in [0.25, 0.3) is 5.91 Å². The van der Waals surface area contributed by atoms with Crippen molar-refractivity contribution in [1.82, 2.24) is 14.9 Å². The van der Waals surface area contributed by atoms with E-state index >= 15 is 0 Å². The Morgan fingerprint density at radius 3 is 2.61 bits per heavy atom. The molecule has 5 rings (SSSR count). The summed E-state index contributed by atoms with van der Waals surface area (Å²) < 4.78 is 5.54. The van der Waals surface area contributed by atoms with Crippen LogP contribution in [0.15, 0.2) is 36.4 Å².